The van der Waals surface area contributed by atoms with E-state index in [-0.39, 0.29) is 16.5 Å². The lowest BCUT2D eigenvalue weighted by atomic mass is 9.95. The number of hydrogen-bond acceptors (Lipinski definition) is 9. The number of aliphatic hydroxyl groups is 1. The topological polar surface area (TPSA) is 102 Å². The summed E-state index contributed by atoms with van der Waals surface area (Å²) >= 11 is 2.54. The highest BCUT2D eigenvalue weighted by Crippen LogP contribution is 2.45. The number of rotatable bonds is 13. The molecule has 1 atom stereocenters. The maximum atomic E-state index is 13.6. The number of hydrogen-bond donors (Lipinski definition) is 1. The molecule has 0 saturated heterocycles. The summed E-state index contributed by atoms with van der Waals surface area (Å²) in [6.45, 7) is 4.72. The highest BCUT2D eigenvalue weighted by atomic mass is 32.2. The number of halogens is 1. The van der Waals surface area contributed by atoms with E-state index in [4.69, 9.17) is 9.47 Å². The number of ketones is 1. The summed E-state index contributed by atoms with van der Waals surface area (Å²) < 4.78 is 25.5. The number of aliphatic hydroxyl groups excluding tert-OH is 1. The fourth-order valence-electron chi connectivity index (χ4n) is 4.66. The summed E-state index contributed by atoms with van der Waals surface area (Å²) in [4.78, 5) is 28.5. The zero-order valence-electron chi connectivity index (χ0n) is 25.0. The van der Waals surface area contributed by atoms with Gasteiger partial charge in [0.05, 0.1) is 25.3 Å². The van der Waals surface area contributed by atoms with Crippen molar-refractivity contribution in [3.8, 4) is 11.5 Å². The lowest BCUT2D eigenvalue weighted by Crippen LogP contribution is -2.30. The van der Waals surface area contributed by atoms with E-state index in [1.807, 2.05) is 30.3 Å². The van der Waals surface area contributed by atoms with Crippen molar-refractivity contribution in [2.75, 3.05) is 18.6 Å². The van der Waals surface area contributed by atoms with Gasteiger partial charge >= 0.3 is 0 Å². The van der Waals surface area contributed by atoms with Crippen molar-refractivity contribution in [2.24, 2.45) is 5.92 Å². The Morgan fingerprint density at radius 1 is 1.09 bits per heavy atom. The fraction of sp³-hybridized carbons (Fsp3) is 0.235. The molecule has 5 rings (SSSR count). The largest absolute Gasteiger partial charge is 0.503 e. The molecule has 0 aliphatic carbocycles. The van der Waals surface area contributed by atoms with Gasteiger partial charge in [-0.25, -0.2) is 4.39 Å². The molecular formula is C34H32FN3O5S2. The van der Waals surface area contributed by atoms with E-state index in [2.05, 4.69) is 24.0 Å². The minimum Gasteiger partial charge on any atom is -0.503 e. The molecular weight excluding hydrogens is 614 g/mol. The van der Waals surface area contributed by atoms with Crippen molar-refractivity contribution in [1.29, 1.82) is 0 Å². The molecule has 0 saturated carbocycles. The van der Waals surface area contributed by atoms with Gasteiger partial charge in [-0.3, -0.25) is 14.5 Å². The van der Waals surface area contributed by atoms with E-state index in [0.717, 1.165) is 28.9 Å². The van der Waals surface area contributed by atoms with Crippen LogP contribution in [0.5, 0.6) is 11.5 Å². The lowest BCUT2D eigenvalue weighted by Gasteiger charge is -2.24. The molecule has 0 spiro atoms. The van der Waals surface area contributed by atoms with Crippen LogP contribution in [0.15, 0.2) is 94.5 Å². The van der Waals surface area contributed by atoms with E-state index in [1.54, 1.807) is 36.4 Å². The summed E-state index contributed by atoms with van der Waals surface area (Å²) in [5.41, 5.74) is 2.12. The van der Waals surface area contributed by atoms with Crippen LogP contribution in [0.25, 0.3) is 6.08 Å². The molecule has 4 aromatic rings. The molecule has 0 radical (unpaired) electrons. The molecule has 0 fully saturated rings. The summed E-state index contributed by atoms with van der Waals surface area (Å²) in [5.74, 6) is -0.336. The number of methoxy groups -OCH3 is 1. The zero-order chi connectivity index (χ0) is 31.9. The Balaban J connectivity index is 1.48. The van der Waals surface area contributed by atoms with Crippen LogP contribution in [-0.4, -0.2) is 40.7 Å². The van der Waals surface area contributed by atoms with Crippen molar-refractivity contribution in [2.45, 2.75) is 36.4 Å². The second kappa shape index (κ2) is 14.5. The minimum absolute atomic E-state index is 0.0848. The Labute approximate surface area is 269 Å². The average molecular weight is 646 g/mol. The first-order chi connectivity index (χ1) is 21.7. The summed E-state index contributed by atoms with van der Waals surface area (Å²) in [5, 5.41) is 19.8. The molecule has 8 nitrogen and oxygen atoms in total. The van der Waals surface area contributed by atoms with E-state index >= 15 is 0 Å². The van der Waals surface area contributed by atoms with Gasteiger partial charge in [0.2, 0.25) is 5.13 Å². The lowest BCUT2D eigenvalue weighted by molar-refractivity contribution is -0.117. The smallest absolute Gasteiger partial charge is 0.296 e. The summed E-state index contributed by atoms with van der Waals surface area (Å²) in [7, 11) is 1.52. The molecule has 232 valence electrons. The van der Waals surface area contributed by atoms with Gasteiger partial charge < -0.3 is 14.6 Å². The number of nitrogens with zero attached hydrogens (tertiary/aromatic N) is 3. The van der Waals surface area contributed by atoms with Gasteiger partial charge in [-0.2, -0.15) is 0 Å². The minimum atomic E-state index is -1.01. The van der Waals surface area contributed by atoms with Crippen LogP contribution in [0.3, 0.4) is 0 Å². The molecule has 45 heavy (non-hydrogen) atoms. The number of carbonyl (C=O) groups excluding carboxylic acids is 2. The molecule has 1 unspecified atom stereocenters. The van der Waals surface area contributed by atoms with E-state index in [1.165, 1.54) is 42.0 Å². The van der Waals surface area contributed by atoms with Crippen LogP contribution < -0.4 is 14.4 Å². The second-order valence-electron chi connectivity index (χ2n) is 10.7. The van der Waals surface area contributed by atoms with Gasteiger partial charge in [0.15, 0.2) is 27.4 Å². The number of ether oxygens (including phenoxy) is 2. The van der Waals surface area contributed by atoms with Crippen molar-refractivity contribution in [3.63, 3.8) is 0 Å². The first kappa shape index (κ1) is 31.9. The van der Waals surface area contributed by atoms with Crippen molar-refractivity contribution < 1.29 is 28.6 Å². The first-order valence-electron chi connectivity index (χ1n) is 14.3. The summed E-state index contributed by atoms with van der Waals surface area (Å²) in [6.07, 6.45) is 3.83. The summed E-state index contributed by atoms with van der Waals surface area (Å²) in [6, 6.07) is 19.6. The molecule has 1 aromatic heterocycles. The average Bonchev–Trinajstić information content (AvgIpc) is 3.61. The number of amides is 1. The predicted molar refractivity (Wildman–Crippen MR) is 174 cm³/mol. The molecule has 0 bridgehead atoms. The maximum Gasteiger partial charge on any atom is 0.296 e. The fourth-order valence-corrected chi connectivity index (χ4v) is 6.48. The quantitative estimate of drug-likeness (QED) is 0.0902. The Kier molecular flexibility index (Phi) is 10.3. The maximum absolute atomic E-state index is 13.6. The van der Waals surface area contributed by atoms with Gasteiger partial charge in [0.1, 0.15) is 5.82 Å². The number of allylic oxidation sites excluding steroid dienone is 1. The van der Waals surface area contributed by atoms with Crippen LogP contribution in [0.1, 0.15) is 43.0 Å². The normalized spacial score (nSPS) is 15.0. The van der Waals surface area contributed by atoms with Crippen LogP contribution in [0, 0.1) is 11.7 Å². The molecule has 1 N–H and O–H groups in total. The van der Waals surface area contributed by atoms with Gasteiger partial charge in [-0.15, -0.1) is 10.2 Å². The molecule has 1 amide bonds. The van der Waals surface area contributed by atoms with Crippen LogP contribution >= 0.6 is 23.1 Å². The van der Waals surface area contributed by atoms with Gasteiger partial charge in [0.25, 0.3) is 5.91 Å². The molecule has 1 aliphatic rings. The Hall–Kier alpha value is -4.48. The number of anilines is 1. The van der Waals surface area contributed by atoms with E-state index in [0.29, 0.717) is 39.7 Å². The van der Waals surface area contributed by atoms with Gasteiger partial charge in [-0.1, -0.05) is 91.6 Å². The van der Waals surface area contributed by atoms with Crippen molar-refractivity contribution in [1.82, 2.24) is 10.2 Å². The van der Waals surface area contributed by atoms with Crippen LogP contribution in [-0.2, 0) is 15.3 Å². The third kappa shape index (κ3) is 7.61. The monoisotopic (exact) mass is 645 g/mol. The zero-order valence-corrected chi connectivity index (χ0v) is 26.6. The predicted octanol–water partition coefficient (Wildman–Crippen LogP) is 7.59. The van der Waals surface area contributed by atoms with Crippen molar-refractivity contribution >= 4 is 46.0 Å². The second-order valence-corrected chi connectivity index (χ2v) is 12.8. The third-order valence-corrected chi connectivity index (χ3v) is 9.16. The van der Waals surface area contributed by atoms with Gasteiger partial charge in [0, 0.05) is 5.75 Å². The SMILES string of the molecule is COc1cc(C2C(C(=O)/C=C/c3ccccc3)=C(O)C(=O)N2c2nnc(SCc3ccc(F)cc3)s2)ccc1OCCC(C)C. The van der Waals surface area contributed by atoms with Crippen LogP contribution in [0.2, 0.25) is 0 Å². The first-order valence-corrected chi connectivity index (χ1v) is 16.1. The molecule has 2 heterocycles. The molecule has 1 aliphatic heterocycles. The van der Waals surface area contributed by atoms with Gasteiger partial charge in [-0.05, 0) is 59.4 Å². The Bertz CT molecular complexity index is 1720. The Morgan fingerprint density at radius 3 is 2.56 bits per heavy atom. The molecule has 3 aromatic carbocycles. The van der Waals surface area contributed by atoms with E-state index < -0.39 is 23.5 Å². The van der Waals surface area contributed by atoms with Crippen LogP contribution in [0.4, 0.5) is 9.52 Å². The Morgan fingerprint density at radius 2 is 1.84 bits per heavy atom. The highest BCUT2D eigenvalue weighted by Gasteiger charge is 2.45. The highest BCUT2D eigenvalue weighted by molar-refractivity contribution is 8.00. The number of carbonyl (C=O) groups is 2. The van der Waals surface area contributed by atoms with Crippen molar-refractivity contribution in [3.05, 3.63) is 113 Å². The third-order valence-electron chi connectivity index (χ3n) is 7.03. The molecule has 11 heteroatoms. The number of benzene rings is 3. The van der Waals surface area contributed by atoms with E-state index in [9.17, 15) is 19.1 Å². The number of thioether (sulfide) groups is 1. The number of aromatic nitrogens is 2. The standard InChI is InChI=1S/C34H32FN3O5S2/c1-21(2)17-18-43-27-16-12-24(19-28(27)42-3)30-29(26(39)15-11-22-7-5-4-6-8-22)31(40)32(41)38(30)33-36-37-34(45-33)44-20-23-9-13-25(35)14-10-23/h4-16,19,21,30,40H,17-18,20H2,1-3H3/b15-11+.